The first kappa shape index (κ1) is 14.7. The van der Waals surface area contributed by atoms with Crippen LogP contribution in [-0.4, -0.2) is 25.1 Å². The summed E-state index contributed by atoms with van der Waals surface area (Å²) in [6.07, 6.45) is 0.0490. The molecule has 0 fully saturated rings. The summed E-state index contributed by atoms with van der Waals surface area (Å²) in [5.41, 5.74) is -0.838. The predicted molar refractivity (Wildman–Crippen MR) is 65.8 cm³/mol. The summed E-state index contributed by atoms with van der Waals surface area (Å²) in [4.78, 5) is 11.0. The van der Waals surface area contributed by atoms with E-state index in [0.717, 1.165) is 5.56 Å². The Labute approximate surface area is 107 Å². The number of benzene rings is 1. The van der Waals surface area contributed by atoms with Gasteiger partial charge in [0.05, 0.1) is 4.90 Å². The Morgan fingerprint density at radius 1 is 1.33 bits per heavy atom. The van der Waals surface area contributed by atoms with Crippen LogP contribution in [0.5, 0.6) is 0 Å². The normalized spacial score (nSPS) is 15.1. The molecule has 0 spiro atoms. The van der Waals surface area contributed by atoms with E-state index in [0.29, 0.717) is 0 Å². The number of carbonyl (C=O) groups is 1. The van der Waals surface area contributed by atoms with Gasteiger partial charge in [0.1, 0.15) is 0 Å². The molecule has 6 heteroatoms. The Morgan fingerprint density at radius 2 is 1.83 bits per heavy atom. The molecule has 0 aliphatic heterocycles. The van der Waals surface area contributed by atoms with Gasteiger partial charge in [-0.3, -0.25) is 0 Å². The van der Waals surface area contributed by atoms with Gasteiger partial charge < -0.3 is 5.11 Å². The molecule has 1 aromatic rings. The van der Waals surface area contributed by atoms with Crippen LogP contribution in [0.1, 0.15) is 25.8 Å². The monoisotopic (exact) mass is 272 g/mol. The minimum absolute atomic E-state index is 0.0472. The van der Waals surface area contributed by atoms with Gasteiger partial charge in [-0.05, 0) is 32.4 Å². The van der Waals surface area contributed by atoms with Crippen molar-refractivity contribution in [1.29, 1.82) is 0 Å². The zero-order chi connectivity index (χ0) is 14.0. The minimum atomic E-state index is -4.07. The second-order valence-electron chi connectivity index (χ2n) is 4.24. The molecule has 1 atom stereocenters. The first-order chi connectivity index (χ1) is 8.21. The van der Waals surface area contributed by atoms with E-state index in [1.54, 1.807) is 19.1 Å². The lowest BCUT2D eigenvalue weighted by Gasteiger charge is -2.22. The maximum absolute atomic E-state index is 11.9. The summed E-state index contributed by atoms with van der Waals surface area (Å²) in [6, 6.07) is 6.03. The van der Waals surface area contributed by atoms with E-state index >= 15 is 0 Å². The van der Waals surface area contributed by atoms with Crippen LogP contribution in [0.3, 0.4) is 0 Å². The lowest BCUT2D eigenvalue weighted by molar-refractivity contribution is -0.153. The van der Waals surface area contributed by atoms with Gasteiger partial charge in [0, 0.05) is 0 Å². The van der Waals surface area contributed by atoms with Crippen molar-refractivity contribution in [2.24, 2.45) is 0 Å². The van der Waals surface area contributed by atoms with Crippen molar-refractivity contribution in [2.75, 3.05) is 0 Å². The molecule has 0 aliphatic rings. The average molecular weight is 272 g/mol. The molecular formula is C12H16O5S. The molecule has 0 bridgehead atoms. The minimum Gasteiger partial charge on any atom is -0.479 e. The highest BCUT2D eigenvalue weighted by atomic mass is 32.2. The predicted octanol–water partition coefficient (Wildman–Crippen LogP) is 1.95. The fourth-order valence-electron chi connectivity index (χ4n) is 1.24. The highest BCUT2D eigenvalue weighted by molar-refractivity contribution is 7.86. The summed E-state index contributed by atoms with van der Waals surface area (Å²) >= 11 is 0. The molecule has 0 aromatic heterocycles. The summed E-state index contributed by atoms with van der Waals surface area (Å²) in [5.74, 6) is -1.30. The maximum atomic E-state index is 11.9. The summed E-state index contributed by atoms with van der Waals surface area (Å²) in [7, 11) is -4.07. The van der Waals surface area contributed by atoms with Gasteiger partial charge in [-0.15, -0.1) is 0 Å². The molecule has 0 heterocycles. The molecule has 1 rings (SSSR count). The number of carboxylic acid groups (broad SMARTS) is 1. The van der Waals surface area contributed by atoms with Crippen LogP contribution in [0.4, 0.5) is 0 Å². The van der Waals surface area contributed by atoms with Crippen molar-refractivity contribution < 1.29 is 22.5 Å². The molecule has 0 amide bonds. The van der Waals surface area contributed by atoms with Crippen LogP contribution < -0.4 is 0 Å². The topological polar surface area (TPSA) is 80.7 Å². The SMILES string of the molecule is CC[C@@](C)(OS(=O)(=O)c1ccc(C)cc1)C(=O)O. The van der Waals surface area contributed by atoms with Crippen LogP contribution in [0.2, 0.25) is 0 Å². The van der Waals surface area contributed by atoms with Crippen molar-refractivity contribution in [1.82, 2.24) is 0 Å². The van der Waals surface area contributed by atoms with Crippen LogP contribution in [0, 0.1) is 6.92 Å². The molecule has 1 aromatic carbocycles. The summed E-state index contributed by atoms with van der Waals surface area (Å²) < 4.78 is 28.7. The Kier molecular flexibility index (Phi) is 4.13. The van der Waals surface area contributed by atoms with Gasteiger partial charge >= 0.3 is 5.97 Å². The number of carboxylic acids is 1. The molecule has 1 N–H and O–H groups in total. The van der Waals surface area contributed by atoms with Crippen LogP contribution >= 0.6 is 0 Å². The molecule has 0 saturated carbocycles. The highest BCUT2D eigenvalue weighted by Gasteiger charge is 2.38. The molecule has 100 valence electrons. The van der Waals surface area contributed by atoms with Gasteiger partial charge in [0.15, 0.2) is 5.60 Å². The zero-order valence-electron chi connectivity index (χ0n) is 10.5. The number of hydrogen-bond donors (Lipinski definition) is 1. The van der Waals surface area contributed by atoms with Gasteiger partial charge in [-0.1, -0.05) is 24.6 Å². The number of hydrogen-bond acceptors (Lipinski definition) is 4. The summed E-state index contributed by atoms with van der Waals surface area (Å²) in [6.45, 7) is 4.62. The maximum Gasteiger partial charge on any atom is 0.337 e. The van der Waals surface area contributed by atoms with E-state index in [2.05, 4.69) is 0 Å². The standard InChI is InChI=1S/C12H16O5S/c1-4-12(3,11(13)14)17-18(15,16)10-7-5-9(2)6-8-10/h5-8H,4H2,1-3H3,(H,13,14)/t12-/m1/s1. The zero-order valence-corrected chi connectivity index (χ0v) is 11.3. The van der Waals surface area contributed by atoms with Crippen molar-refractivity contribution in [3.63, 3.8) is 0 Å². The van der Waals surface area contributed by atoms with Gasteiger partial charge in [-0.2, -0.15) is 8.42 Å². The summed E-state index contributed by atoms with van der Waals surface area (Å²) in [5, 5.41) is 9.00. The third-order valence-corrected chi connectivity index (χ3v) is 4.17. The van der Waals surface area contributed by atoms with Gasteiger partial charge in [-0.25, -0.2) is 8.98 Å². The lowest BCUT2D eigenvalue weighted by atomic mass is 10.1. The third kappa shape index (κ3) is 3.08. The fraction of sp³-hybridized carbons (Fsp3) is 0.417. The molecule has 5 nitrogen and oxygen atoms in total. The highest BCUT2D eigenvalue weighted by Crippen LogP contribution is 2.23. The average Bonchev–Trinajstić information content (AvgIpc) is 2.28. The quantitative estimate of drug-likeness (QED) is 0.829. The van der Waals surface area contributed by atoms with Crippen LogP contribution in [-0.2, 0) is 19.1 Å². The third-order valence-electron chi connectivity index (χ3n) is 2.73. The Bertz CT molecular complexity index is 532. The van der Waals surface area contributed by atoms with Crippen molar-refractivity contribution in [3.8, 4) is 0 Å². The van der Waals surface area contributed by atoms with E-state index in [1.165, 1.54) is 19.1 Å². The largest absolute Gasteiger partial charge is 0.479 e. The first-order valence-electron chi connectivity index (χ1n) is 5.47. The number of aliphatic carboxylic acids is 1. The smallest absolute Gasteiger partial charge is 0.337 e. The Hall–Kier alpha value is -1.40. The van der Waals surface area contributed by atoms with Gasteiger partial charge in [0.2, 0.25) is 0 Å². The Morgan fingerprint density at radius 3 is 2.22 bits per heavy atom. The molecule has 0 aliphatic carbocycles. The molecule has 0 unspecified atom stereocenters. The number of rotatable bonds is 5. The number of aryl methyl sites for hydroxylation is 1. The molecule has 0 radical (unpaired) electrons. The van der Waals surface area contributed by atoms with Crippen LogP contribution in [0.15, 0.2) is 29.2 Å². The van der Waals surface area contributed by atoms with Gasteiger partial charge in [0.25, 0.3) is 10.1 Å². The van der Waals surface area contributed by atoms with E-state index in [-0.39, 0.29) is 11.3 Å². The molecular weight excluding hydrogens is 256 g/mol. The van der Waals surface area contributed by atoms with Crippen molar-refractivity contribution >= 4 is 16.1 Å². The van der Waals surface area contributed by atoms with E-state index in [4.69, 9.17) is 9.29 Å². The first-order valence-corrected chi connectivity index (χ1v) is 6.88. The van der Waals surface area contributed by atoms with Crippen LogP contribution in [0.25, 0.3) is 0 Å². The second-order valence-corrected chi connectivity index (χ2v) is 5.79. The fourth-order valence-corrected chi connectivity index (χ4v) is 2.48. The second kappa shape index (κ2) is 5.07. The molecule has 18 heavy (non-hydrogen) atoms. The van der Waals surface area contributed by atoms with Crippen molar-refractivity contribution in [2.45, 2.75) is 37.7 Å². The van der Waals surface area contributed by atoms with E-state index < -0.39 is 21.7 Å². The van der Waals surface area contributed by atoms with E-state index in [1.807, 2.05) is 6.92 Å². The van der Waals surface area contributed by atoms with E-state index in [9.17, 15) is 13.2 Å². The van der Waals surface area contributed by atoms with Crippen molar-refractivity contribution in [3.05, 3.63) is 29.8 Å². The Balaban J connectivity index is 3.09. The lowest BCUT2D eigenvalue weighted by Crippen LogP contribution is -2.39. The molecule has 0 saturated heterocycles.